The number of nitrogens with zero attached hydrogens (tertiary/aromatic N) is 2. The minimum absolute atomic E-state index is 0.00338. The van der Waals surface area contributed by atoms with Gasteiger partial charge in [-0.15, -0.1) is 0 Å². The van der Waals surface area contributed by atoms with E-state index >= 15 is 0 Å². The van der Waals surface area contributed by atoms with Crippen LogP contribution in [0.1, 0.15) is 41.1 Å². The van der Waals surface area contributed by atoms with Gasteiger partial charge in [-0.25, -0.2) is 4.98 Å². The number of hydrogen-bond acceptors (Lipinski definition) is 5. The van der Waals surface area contributed by atoms with Crippen molar-refractivity contribution < 1.29 is 4.52 Å². The summed E-state index contributed by atoms with van der Waals surface area (Å²) in [5, 5.41) is 7.31. The van der Waals surface area contributed by atoms with Crippen molar-refractivity contribution >= 4 is 23.0 Å². The Balaban J connectivity index is 2.36. The Bertz CT molecular complexity index is 631. The zero-order valence-electron chi connectivity index (χ0n) is 12.0. The monoisotopic (exact) mass is 290 g/mol. The lowest BCUT2D eigenvalue weighted by molar-refractivity contribution is 0.392. The van der Waals surface area contributed by atoms with Crippen LogP contribution in [0, 0.1) is 20.8 Å². The Labute approximate surface area is 123 Å². The molecule has 0 aliphatic carbocycles. The number of nitrogens with two attached hydrogens (primary N) is 1. The second kappa shape index (κ2) is 5.58. The molecule has 3 N–H and O–H groups in total. The number of anilines is 1. The van der Waals surface area contributed by atoms with Crippen molar-refractivity contribution in [2.75, 3.05) is 5.32 Å². The van der Waals surface area contributed by atoms with E-state index in [2.05, 4.69) is 15.5 Å². The number of aryl methyl sites for hydroxylation is 3. The maximum absolute atomic E-state index is 5.79. The average molecular weight is 290 g/mol. The molecule has 0 saturated heterocycles. The highest BCUT2D eigenvalue weighted by molar-refractivity contribution is 7.80. The highest BCUT2D eigenvalue weighted by atomic mass is 32.1. The van der Waals surface area contributed by atoms with E-state index in [1.807, 2.05) is 33.8 Å². The molecular formula is C14H18N4OS. The molecule has 2 aromatic heterocycles. The molecule has 0 bridgehead atoms. The molecule has 0 fully saturated rings. The second-order valence-corrected chi connectivity index (χ2v) is 5.26. The lowest BCUT2D eigenvalue weighted by Gasteiger charge is -2.17. The summed E-state index contributed by atoms with van der Waals surface area (Å²) in [7, 11) is 0. The van der Waals surface area contributed by atoms with E-state index in [0.717, 1.165) is 28.1 Å². The van der Waals surface area contributed by atoms with Crippen molar-refractivity contribution in [1.29, 1.82) is 0 Å². The molecular weight excluding hydrogens is 272 g/mol. The summed E-state index contributed by atoms with van der Waals surface area (Å²) < 4.78 is 5.19. The van der Waals surface area contributed by atoms with Crippen molar-refractivity contribution in [3.8, 4) is 0 Å². The van der Waals surface area contributed by atoms with Gasteiger partial charge in [-0.2, -0.15) is 0 Å². The largest absolute Gasteiger partial charge is 0.389 e. The number of pyridine rings is 1. The number of rotatable bonds is 4. The van der Waals surface area contributed by atoms with Gasteiger partial charge < -0.3 is 15.6 Å². The molecule has 5 nitrogen and oxygen atoms in total. The maximum atomic E-state index is 5.79. The van der Waals surface area contributed by atoms with Crippen LogP contribution < -0.4 is 11.1 Å². The molecule has 0 saturated carbocycles. The first-order valence-corrected chi connectivity index (χ1v) is 6.77. The number of nitrogens with one attached hydrogen (secondary N) is 1. The summed E-state index contributed by atoms with van der Waals surface area (Å²) in [5.41, 5.74) is 9.47. The molecule has 0 aromatic carbocycles. The van der Waals surface area contributed by atoms with Crippen LogP contribution in [0.5, 0.6) is 0 Å². The summed E-state index contributed by atoms with van der Waals surface area (Å²) in [4.78, 5) is 4.68. The smallest absolute Gasteiger partial charge is 0.139 e. The molecule has 2 heterocycles. The van der Waals surface area contributed by atoms with Gasteiger partial charge in [0.05, 0.1) is 17.3 Å². The van der Waals surface area contributed by atoms with Crippen LogP contribution in [-0.2, 0) is 0 Å². The van der Waals surface area contributed by atoms with E-state index in [9.17, 15) is 0 Å². The van der Waals surface area contributed by atoms with Crippen molar-refractivity contribution in [2.24, 2.45) is 5.73 Å². The highest BCUT2D eigenvalue weighted by Crippen LogP contribution is 2.26. The van der Waals surface area contributed by atoms with E-state index in [1.54, 1.807) is 6.20 Å². The summed E-state index contributed by atoms with van der Waals surface area (Å²) >= 11 is 5.11. The maximum Gasteiger partial charge on any atom is 0.139 e. The Morgan fingerprint density at radius 2 is 2.10 bits per heavy atom. The topological polar surface area (TPSA) is 77.0 Å². The van der Waals surface area contributed by atoms with Gasteiger partial charge in [0.2, 0.25) is 0 Å². The third-order valence-electron chi connectivity index (χ3n) is 3.28. The van der Waals surface area contributed by atoms with Gasteiger partial charge in [0.1, 0.15) is 16.6 Å². The number of thiocarbonyl (C=S) groups is 1. The molecule has 0 radical (unpaired) electrons. The van der Waals surface area contributed by atoms with Gasteiger partial charge in [0.25, 0.3) is 0 Å². The minimum Gasteiger partial charge on any atom is -0.389 e. The molecule has 1 unspecified atom stereocenters. The third-order valence-corrected chi connectivity index (χ3v) is 3.48. The van der Waals surface area contributed by atoms with Crippen molar-refractivity contribution in [3.05, 3.63) is 40.4 Å². The summed E-state index contributed by atoms with van der Waals surface area (Å²) in [6.07, 6.45) is 1.74. The van der Waals surface area contributed by atoms with Crippen molar-refractivity contribution in [1.82, 2.24) is 10.1 Å². The van der Waals surface area contributed by atoms with Crippen LogP contribution in [0.15, 0.2) is 16.8 Å². The molecule has 106 valence electrons. The van der Waals surface area contributed by atoms with E-state index < -0.39 is 0 Å². The molecule has 0 aliphatic heterocycles. The fourth-order valence-corrected chi connectivity index (χ4v) is 2.62. The highest BCUT2D eigenvalue weighted by Gasteiger charge is 2.19. The van der Waals surface area contributed by atoms with Crippen LogP contribution in [0.25, 0.3) is 0 Å². The zero-order chi connectivity index (χ0) is 14.9. The van der Waals surface area contributed by atoms with Crippen LogP contribution in [0.2, 0.25) is 0 Å². The molecule has 2 rings (SSSR count). The van der Waals surface area contributed by atoms with E-state index in [0.29, 0.717) is 10.8 Å². The molecule has 0 spiro atoms. The Kier molecular flexibility index (Phi) is 4.04. The SMILES string of the molecule is Cc1ccnc(NC(C)c2c(C)noc2C)c1C(N)=S. The van der Waals surface area contributed by atoms with E-state index in [4.69, 9.17) is 22.5 Å². The standard InChI is InChI=1S/C14H18N4OS/c1-7-5-6-16-14(11(7)13(15)20)17-8(2)12-9(3)18-19-10(12)4/h5-6,8H,1-4H3,(H2,15,20)(H,16,17). The molecule has 0 amide bonds. The molecule has 2 aromatic rings. The molecule has 0 aliphatic rings. The third kappa shape index (κ3) is 2.65. The van der Waals surface area contributed by atoms with Gasteiger partial charge >= 0.3 is 0 Å². The van der Waals surface area contributed by atoms with Gasteiger partial charge in [-0.3, -0.25) is 0 Å². The summed E-state index contributed by atoms with van der Waals surface area (Å²) in [5.74, 6) is 1.48. The lowest BCUT2D eigenvalue weighted by Crippen LogP contribution is -2.18. The lowest BCUT2D eigenvalue weighted by atomic mass is 10.1. The van der Waals surface area contributed by atoms with Gasteiger partial charge in [-0.05, 0) is 39.3 Å². The number of aromatic nitrogens is 2. The second-order valence-electron chi connectivity index (χ2n) is 4.82. The van der Waals surface area contributed by atoms with Gasteiger partial charge in [0.15, 0.2) is 0 Å². The quantitative estimate of drug-likeness (QED) is 0.843. The Hall–Kier alpha value is -1.95. The first kappa shape index (κ1) is 14.5. The zero-order valence-corrected chi connectivity index (χ0v) is 12.8. The van der Waals surface area contributed by atoms with Gasteiger partial charge in [0, 0.05) is 11.8 Å². The minimum atomic E-state index is 0.00338. The van der Waals surface area contributed by atoms with Crippen LogP contribution >= 0.6 is 12.2 Å². The fraction of sp³-hybridized carbons (Fsp3) is 0.357. The van der Waals surface area contributed by atoms with Gasteiger partial charge in [-0.1, -0.05) is 17.4 Å². The predicted octanol–water partition coefficient (Wildman–Crippen LogP) is 2.80. The Morgan fingerprint density at radius 1 is 1.40 bits per heavy atom. The molecule has 20 heavy (non-hydrogen) atoms. The van der Waals surface area contributed by atoms with Crippen LogP contribution in [-0.4, -0.2) is 15.1 Å². The fourth-order valence-electron chi connectivity index (χ4n) is 2.36. The van der Waals surface area contributed by atoms with E-state index in [-0.39, 0.29) is 6.04 Å². The van der Waals surface area contributed by atoms with Crippen molar-refractivity contribution in [2.45, 2.75) is 33.7 Å². The number of hydrogen-bond donors (Lipinski definition) is 2. The Morgan fingerprint density at radius 3 is 2.65 bits per heavy atom. The first-order valence-electron chi connectivity index (χ1n) is 6.36. The summed E-state index contributed by atoms with van der Waals surface area (Å²) in [6, 6.07) is 1.89. The molecule has 1 atom stereocenters. The van der Waals surface area contributed by atoms with E-state index in [1.165, 1.54) is 0 Å². The van der Waals surface area contributed by atoms with Crippen molar-refractivity contribution in [3.63, 3.8) is 0 Å². The first-order chi connectivity index (χ1) is 9.41. The normalized spacial score (nSPS) is 12.2. The van der Waals surface area contributed by atoms with Crippen LogP contribution in [0.4, 0.5) is 5.82 Å². The average Bonchev–Trinajstić information content (AvgIpc) is 2.68. The predicted molar refractivity (Wildman–Crippen MR) is 82.9 cm³/mol. The summed E-state index contributed by atoms with van der Waals surface area (Å²) in [6.45, 7) is 7.80. The van der Waals surface area contributed by atoms with Crippen LogP contribution in [0.3, 0.4) is 0 Å². The molecule has 6 heteroatoms.